The lowest BCUT2D eigenvalue weighted by Crippen LogP contribution is -2.33. The van der Waals surface area contributed by atoms with Gasteiger partial charge in [-0.1, -0.05) is 85.9 Å². The van der Waals surface area contributed by atoms with Gasteiger partial charge in [0.2, 0.25) is 0 Å². The third-order valence-corrected chi connectivity index (χ3v) is 10.8. The molecular weight excluding hydrogens is 560 g/mol. The Kier molecular flexibility index (Phi) is 5.69. The lowest BCUT2D eigenvalue weighted by Gasteiger charge is -2.32. The van der Waals surface area contributed by atoms with E-state index in [0.717, 1.165) is 43.4 Å². The van der Waals surface area contributed by atoms with Gasteiger partial charge in [-0.05, 0) is 96.4 Å². The molecule has 1 aliphatic heterocycles. The van der Waals surface area contributed by atoms with Crippen LogP contribution in [0.1, 0.15) is 54.3 Å². The monoisotopic (exact) mass is 596 g/mol. The van der Waals surface area contributed by atoms with Crippen LogP contribution in [0.4, 0.5) is 5.69 Å². The number of anilines is 1. The minimum absolute atomic E-state index is 0.293. The number of benzene rings is 3. The number of hydrogen-bond donors (Lipinski definition) is 0. The zero-order valence-corrected chi connectivity index (χ0v) is 26.1. The van der Waals surface area contributed by atoms with E-state index in [4.69, 9.17) is 4.42 Å². The number of furan rings is 1. The summed E-state index contributed by atoms with van der Waals surface area (Å²) < 4.78 is 8.84. The predicted octanol–water partition coefficient (Wildman–Crippen LogP) is 10.6. The maximum Gasteiger partial charge on any atom is 0.134 e. The molecule has 0 saturated carbocycles. The molecule has 3 heteroatoms. The van der Waals surface area contributed by atoms with Crippen molar-refractivity contribution in [3.05, 3.63) is 149 Å². The van der Waals surface area contributed by atoms with Crippen LogP contribution in [0, 0.1) is 11.8 Å². The molecule has 0 spiro atoms. The average molecular weight is 597 g/mol. The van der Waals surface area contributed by atoms with Crippen molar-refractivity contribution >= 4 is 45.3 Å². The third kappa shape index (κ3) is 3.84. The molecule has 0 fully saturated rings. The van der Waals surface area contributed by atoms with Crippen LogP contribution >= 0.6 is 0 Å². The molecule has 5 aromatic rings. The number of aromatic nitrogens is 1. The summed E-state index contributed by atoms with van der Waals surface area (Å²) in [4.78, 5) is 2.66. The summed E-state index contributed by atoms with van der Waals surface area (Å²) in [5.74, 6) is 2.04. The van der Waals surface area contributed by atoms with Gasteiger partial charge in [0.25, 0.3) is 0 Å². The molecule has 0 radical (unpaired) electrons. The summed E-state index contributed by atoms with van der Waals surface area (Å²) in [6.07, 6.45) is 26.3. The van der Waals surface area contributed by atoms with Gasteiger partial charge in [-0.3, -0.25) is 0 Å². The molecule has 10 rings (SSSR count). The fraction of sp³-hybridized carbons (Fsp3) is 0.209. The highest BCUT2D eigenvalue weighted by Gasteiger charge is 2.39. The van der Waals surface area contributed by atoms with E-state index in [0.29, 0.717) is 17.9 Å². The van der Waals surface area contributed by atoms with E-state index in [-0.39, 0.29) is 0 Å². The van der Waals surface area contributed by atoms with E-state index in [9.17, 15) is 0 Å². The Balaban J connectivity index is 1.22. The van der Waals surface area contributed by atoms with Gasteiger partial charge in [-0.15, -0.1) is 0 Å². The maximum absolute atomic E-state index is 6.31. The van der Waals surface area contributed by atoms with Crippen LogP contribution in [0.5, 0.6) is 0 Å². The Morgan fingerprint density at radius 1 is 0.804 bits per heavy atom. The van der Waals surface area contributed by atoms with Gasteiger partial charge in [-0.25, -0.2) is 0 Å². The van der Waals surface area contributed by atoms with Crippen molar-refractivity contribution in [3.63, 3.8) is 0 Å². The van der Waals surface area contributed by atoms with Crippen molar-refractivity contribution in [2.75, 3.05) is 4.90 Å². The highest BCUT2D eigenvalue weighted by molar-refractivity contribution is 5.97. The Morgan fingerprint density at radius 2 is 1.65 bits per heavy atom. The fourth-order valence-corrected chi connectivity index (χ4v) is 8.74. The lowest BCUT2D eigenvalue weighted by atomic mass is 9.88. The Hall–Kier alpha value is -5.02. The molecule has 3 atom stereocenters. The van der Waals surface area contributed by atoms with E-state index in [2.05, 4.69) is 138 Å². The first-order valence-corrected chi connectivity index (χ1v) is 16.9. The standard InChI is InChI=1S/C43H36N2O/c1-27-18-20-41-36(22-27)34-12-4-8-16-40(34)45(41)31-24-29(28-19-21-43-37(25-28)35-13-5-9-17-42(35)46-43)23-30(26-31)44-38-14-6-2-10-32(38)33-11-3-7-15-39(33)44/h2-6,8-14,16-18,20,23-27,32,38H,7,15,19,21-22H2,1H3. The van der Waals surface area contributed by atoms with E-state index in [1.807, 2.05) is 0 Å². The third-order valence-electron chi connectivity index (χ3n) is 10.8. The highest BCUT2D eigenvalue weighted by atomic mass is 16.3. The van der Waals surface area contributed by atoms with Crippen LogP contribution in [-0.2, 0) is 12.8 Å². The quantitative estimate of drug-likeness (QED) is 0.207. The number of hydrogen-bond acceptors (Lipinski definition) is 2. The Morgan fingerprint density at radius 3 is 2.61 bits per heavy atom. The van der Waals surface area contributed by atoms with E-state index in [1.165, 1.54) is 66.9 Å². The average Bonchev–Trinajstić information content (AvgIpc) is 3.75. The van der Waals surface area contributed by atoms with Crippen molar-refractivity contribution in [1.29, 1.82) is 0 Å². The summed E-state index contributed by atoms with van der Waals surface area (Å²) in [5, 5.41) is 2.58. The van der Waals surface area contributed by atoms with E-state index in [1.54, 1.807) is 0 Å². The van der Waals surface area contributed by atoms with Gasteiger partial charge < -0.3 is 13.9 Å². The summed E-state index contributed by atoms with van der Waals surface area (Å²) in [7, 11) is 0. The molecule has 0 bridgehead atoms. The maximum atomic E-state index is 6.31. The van der Waals surface area contributed by atoms with Crippen LogP contribution in [0.2, 0.25) is 0 Å². The largest absolute Gasteiger partial charge is 0.460 e. The first-order chi connectivity index (χ1) is 22.7. The van der Waals surface area contributed by atoms with Crippen LogP contribution in [0.3, 0.4) is 0 Å². The minimum Gasteiger partial charge on any atom is -0.460 e. The Labute approximate surface area is 269 Å². The number of fused-ring (bicyclic) bond motifs is 8. The number of nitrogens with zero attached hydrogens (tertiary/aromatic N) is 2. The fourth-order valence-electron chi connectivity index (χ4n) is 8.74. The summed E-state index contributed by atoms with van der Waals surface area (Å²) >= 11 is 0. The molecule has 46 heavy (non-hydrogen) atoms. The molecule has 0 amide bonds. The molecule has 3 unspecified atom stereocenters. The molecule has 0 saturated heterocycles. The molecule has 5 aliphatic rings. The SMILES string of the molecule is CC1C=Cc2c(c3ccccc3n2-c2cc(C3=Cc4c(oc5ccccc45)CC3)cc(N3C4=C(C=CCC4)C4C=CC=CC43)c2)C1. The van der Waals surface area contributed by atoms with Gasteiger partial charge in [-0.2, -0.15) is 0 Å². The molecule has 3 heterocycles. The predicted molar refractivity (Wildman–Crippen MR) is 191 cm³/mol. The van der Waals surface area contributed by atoms with Crippen molar-refractivity contribution < 1.29 is 4.42 Å². The van der Waals surface area contributed by atoms with Gasteiger partial charge in [0.1, 0.15) is 11.3 Å². The first-order valence-electron chi connectivity index (χ1n) is 16.9. The van der Waals surface area contributed by atoms with Gasteiger partial charge in [0, 0.05) is 51.4 Å². The van der Waals surface area contributed by atoms with Crippen LogP contribution in [-0.4, -0.2) is 10.6 Å². The smallest absolute Gasteiger partial charge is 0.134 e. The number of rotatable bonds is 3. The van der Waals surface area contributed by atoms with Crippen molar-refractivity contribution in [3.8, 4) is 5.69 Å². The second-order valence-corrected chi connectivity index (χ2v) is 13.6. The molecule has 2 aromatic heterocycles. The second kappa shape index (κ2) is 9.99. The van der Waals surface area contributed by atoms with Gasteiger partial charge >= 0.3 is 0 Å². The molecule has 224 valence electrons. The number of para-hydroxylation sites is 2. The molecule has 4 aliphatic carbocycles. The zero-order valence-electron chi connectivity index (χ0n) is 26.1. The summed E-state index contributed by atoms with van der Waals surface area (Å²) in [5.41, 5.74) is 14.5. The summed E-state index contributed by atoms with van der Waals surface area (Å²) in [6, 6.07) is 25.1. The number of aryl methyl sites for hydroxylation is 1. The summed E-state index contributed by atoms with van der Waals surface area (Å²) in [6.45, 7) is 2.33. The van der Waals surface area contributed by atoms with Crippen LogP contribution in [0.25, 0.3) is 45.3 Å². The second-order valence-electron chi connectivity index (χ2n) is 13.6. The molecular formula is C43H36N2O. The highest BCUT2D eigenvalue weighted by Crippen LogP contribution is 2.47. The Bertz CT molecular complexity index is 2280. The zero-order chi connectivity index (χ0) is 30.4. The topological polar surface area (TPSA) is 21.3 Å². The van der Waals surface area contributed by atoms with Gasteiger partial charge in [0.15, 0.2) is 0 Å². The molecule has 3 aromatic carbocycles. The van der Waals surface area contributed by atoms with Crippen LogP contribution < -0.4 is 4.90 Å². The van der Waals surface area contributed by atoms with Crippen molar-refractivity contribution in [1.82, 2.24) is 4.57 Å². The normalized spacial score (nSPS) is 22.8. The van der Waals surface area contributed by atoms with Gasteiger partial charge in [0.05, 0.1) is 11.6 Å². The lowest BCUT2D eigenvalue weighted by molar-refractivity contribution is 0.548. The van der Waals surface area contributed by atoms with E-state index < -0.39 is 0 Å². The number of allylic oxidation sites excluding steroid dienone is 7. The molecule has 3 nitrogen and oxygen atoms in total. The molecule has 0 N–H and O–H groups in total. The van der Waals surface area contributed by atoms with Crippen LogP contribution in [0.15, 0.2) is 125 Å². The van der Waals surface area contributed by atoms with Crippen molar-refractivity contribution in [2.24, 2.45) is 11.8 Å². The van der Waals surface area contributed by atoms with Crippen molar-refractivity contribution in [2.45, 2.75) is 45.1 Å². The first kappa shape index (κ1) is 26.2. The van der Waals surface area contributed by atoms with E-state index >= 15 is 0 Å². The minimum atomic E-state index is 0.293.